The summed E-state index contributed by atoms with van der Waals surface area (Å²) in [6, 6.07) is 17.0. The van der Waals surface area contributed by atoms with Crippen molar-refractivity contribution < 1.29 is 14.3 Å². The van der Waals surface area contributed by atoms with Crippen molar-refractivity contribution in [2.75, 3.05) is 19.5 Å². The minimum absolute atomic E-state index is 0.277. The number of benzene rings is 2. The lowest BCUT2D eigenvalue weighted by Crippen LogP contribution is -2.13. The predicted molar refractivity (Wildman–Crippen MR) is 113 cm³/mol. The van der Waals surface area contributed by atoms with E-state index in [1.54, 1.807) is 25.3 Å². The van der Waals surface area contributed by atoms with Crippen LogP contribution in [0.4, 0.5) is 5.82 Å². The second-order valence-corrected chi connectivity index (χ2v) is 6.52. The van der Waals surface area contributed by atoms with E-state index in [2.05, 4.69) is 33.1 Å². The number of rotatable bonds is 6. The molecule has 0 bridgehead atoms. The van der Waals surface area contributed by atoms with Gasteiger partial charge in [0.2, 0.25) is 0 Å². The zero-order valence-electron chi connectivity index (χ0n) is 16.5. The molecule has 0 aliphatic heterocycles. The maximum atomic E-state index is 12.6. The highest BCUT2D eigenvalue weighted by molar-refractivity contribution is 6.06. The van der Waals surface area contributed by atoms with Gasteiger partial charge in [-0.05, 0) is 43.3 Å². The molecule has 0 saturated heterocycles. The minimum atomic E-state index is -0.277. The van der Waals surface area contributed by atoms with E-state index in [4.69, 9.17) is 9.47 Å². The summed E-state index contributed by atoms with van der Waals surface area (Å²) < 4.78 is 12.8. The van der Waals surface area contributed by atoms with Crippen LogP contribution < -0.4 is 14.8 Å². The number of ether oxygens (including phenoxy) is 2. The number of fused-ring (bicyclic) bond motifs is 1. The average molecular weight is 390 g/mol. The van der Waals surface area contributed by atoms with Crippen LogP contribution in [0.25, 0.3) is 22.3 Å². The number of carbonyl (C=O) groups is 1. The van der Waals surface area contributed by atoms with Crippen LogP contribution in [0, 0.1) is 0 Å². The fourth-order valence-electron chi connectivity index (χ4n) is 3.47. The number of H-pyrrole nitrogens is 1. The van der Waals surface area contributed by atoms with Crippen molar-refractivity contribution >= 4 is 22.6 Å². The summed E-state index contributed by atoms with van der Waals surface area (Å²) in [6.45, 7) is 2.89. The number of para-hydroxylation sites is 1. The Morgan fingerprint density at radius 1 is 1.10 bits per heavy atom. The molecule has 0 atom stereocenters. The van der Waals surface area contributed by atoms with Gasteiger partial charge in [-0.3, -0.25) is 9.89 Å². The summed E-state index contributed by atoms with van der Waals surface area (Å²) in [5, 5.41) is 11.2. The highest BCUT2D eigenvalue weighted by Crippen LogP contribution is 2.30. The molecule has 2 N–H and O–H groups in total. The summed E-state index contributed by atoms with van der Waals surface area (Å²) in [4.78, 5) is 12.6. The lowest BCUT2D eigenvalue weighted by molar-refractivity contribution is 0.102. The molecule has 1 amide bonds. The fourth-order valence-corrected chi connectivity index (χ4v) is 3.47. The molecule has 0 aliphatic carbocycles. The molecule has 0 saturated carbocycles. The number of nitrogens with zero attached hydrogens (tertiary/aromatic N) is 2. The van der Waals surface area contributed by atoms with Gasteiger partial charge in [0.1, 0.15) is 11.5 Å². The minimum Gasteiger partial charge on any atom is -0.497 e. The molecule has 7 nitrogen and oxygen atoms in total. The van der Waals surface area contributed by atoms with E-state index in [-0.39, 0.29) is 5.91 Å². The Morgan fingerprint density at radius 3 is 2.69 bits per heavy atom. The first-order chi connectivity index (χ1) is 14.1. The van der Waals surface area contributed by atoms with E-state index in [9.17, 15) is 4.79 Å². The largest absolute Gasteiger partial charge is 0.497 e. The Morgan fingerprint density at radius 2 is 1.93 bits per heavy atom. The molecular formula is C22H22N4O3. The highest BCUT2D eigenvalue weighted by atomic mass is 16.5. The number of anilines is 1. The van der Waals surface area contributed by atoms with Crippen LogP contribution in [0.5, 0.6) is 11.5 Å². The summed E-state index contributed by atoms with van der Waals surface area (Å²) in [5.41, 5.74) is 3.37. The molecule has 0 radical (unpaired) electrons. The van der Waals surface area contributed by atoms with E-state index in [1.807, 2.05) is 30.3 Å². The van der Waals surface area contributed by atoms with Crippen LogP contribution >= 0.6 is 0 Å². The summed E-state index contributed by atoms with van der Waals surface area (Å²) >= 11 is 0. The second kappa shape index (κ2) is 7.71. The molecule has 4 rings (SSSR count). The van der Waals surface area contributed by atoms with Gasteiger partial charge >= 0.3 is 0 Å². The Balaban J connectivity index is 1.64. The van der Waals surface area contributed by atoms with Crippen molar-refractivity contribution in [1.82, 2.24) is 14.8 Å². The number of carbonyl (C=O) groups excluding carboxylic acids is 1. The van der Waals surface area contributed by atoms with Crippen LogP contribution in [0.15, 0.2) is 54.6 Å². The van der Waals surface area contributed by atoms with Crippen molar-refractivity contribution in [3.8, 4) is 22.9 Å². The lowest BCUT2D eigenvalue weighted by atomic mass is 10.2. The van der Waals surface area contributed by atoms with Gasteiger partial charge in [0.25, 0.3) is 5.91 Å². The normalized spacial score (nSPS) is 10.9. The number of aryl methyl sites for hydroxylation is 1. The number of hydrogen-bond acceptors (Lipinski definition) is 4. The van der Waals surface area contributed by atoms with E-state index < -0.39 is 0 Å². The van der Waals surface area contributed by atoms with Crippen molar-refractivity contribution in [2.45, 2.75) is 13.5 Å². The van der Waals surface area contributed by atoms with Gasteiger partial charge in [-0.25, -0.2) is 0 Å². The van der Waals surface area contributed by atoms with Crippen LogP contribution in [0.2, 0.25) is 0 Å². The third-order valence-electron chi connectivity index (χ3n) is 4.87. The van der Waals surface area contributed by atoms with Gasteiger partial charge in [0.15, 0.2) is 5.82 Å². The molecular weight excluding hydrogens is 368 g/mol. The first-order valence-corrected chi connectivity index (χ1v) is 9.32. The maximum Gasteiger partial charge on any atom is 0.260 e. The smallest absolute Gasteiger partial charge is 0.260 e. The zero-order valence-corrected chi connectivity index (χ0v) is 16.5. The molecule has 0 fully saturated rings. The van der Waals surface area contributed by atoms with E-state index in [0.717, 1.165) is 34.6 Å². The van der Waals surface area contributed by atoms with Crippen LogP contribution in [0.1, 0.15) is 17.3 Å². The number of aromatic nitrogens is 3. The fraction of sp³-hybridized carbons (Fsp3) is 0.182. The molecule has 2 aromatic carbocycles. The molecule has 148 valence electrons. The predicted octanol–water partition coefficient (Wildman–Crippen LogP) is 4.32. The van der Waals surface area contributed by atoms with Crippen LogP contribution in [0.3, 0.4) is 0 Å². The van der Waals surface area contributed by atoms with E-state index in [1.165, 1.54) is 7.11 Å². The standard InChI is InChI=1S/C22H22N4O3/c1-4-26-18-10-9-15(28-2)11-14(18)12-19(26)17-13-21(25-24-17)23-22(27)16-7-5-6-8-20(16)29-3/h5-13H,4H2,1-3H3,(H2,23,24,25,27). The lowest BCUT2D eigenvalue weighted by Gasteiger charge is -2.07. The Labute approximate surface area is 168 Å². The number of hydrogen-bond donors (Lipinski definition) is 2. The van der Waals surface area contributed by atoms with Crippen molar-refractivity contribution in [3.05, 3.63) is 60.2 Å². The Kier molecular flexibility index (Phi) is 4.95. The molecule has 4 aromatic rings. The van der Waals surface area contributed by atoms with E-state index >= 15 is 0 Å². The first-order valence-electron chi connectivity index (χ1n) is 9.32. The maximum absolute atomic E-state index is 12.6. The third-order valence-corrected chi connectivity index (χ3v) is 4.87. The van der Waals surface area contributed by atoms with Crippen molar-refractivity contribution in [3.63, 3.8) is 0 Å². The van der Waals surface area contributed by atoms with Crippen LogP contribution in [-0.4, -0.2) is 34.9 Å². The van der Waals surface area contributed by atoms with E-state index in [0.29, 0.717) is 17.1 Å². The van der Waals surface area contributed by atoms with Gasteiger partial charge in [0, 0.05) is 23.5 Å². The molecule has 0 unspecified atom stereocenters. The summed E-state index contributed by atoms with van der Waals surface area (Å²) in [5.74, 6) is 1.50. The Bertz CT molecular complexity index is 1180. The number of amides is 1. The van der Waals surface area contributed by atoms with Gasteiger partial charge in [0.05, 0.1) is 31.2 Å². The topological polar surface area (TPSA) is 81.2 Å². The summed E-state index contributed by atoms with van der Waals surface area (Å²) in [7, 11) is 3.20. The molecule has 29 heavy (non-hydrogen) atoms. The molecule has 2 heterocycles. The number of aromatic amines is 1. The highest BCUT2D eigenvalue weighted by Gasteiger charge is 2.16. The first kappa shape index (κ1) is 18.6. The van der Waals surface area contributed by atoms with Crippen molar-refractivity contribution in [2.24, 2.45) is 0 Å². The Hall–Kier alpha value is -3.74. The third kappa shape index (κ3) is 3.42. The average Bonchev–Trinajstić information content (AvgIpc) is 3.36. The van der Waals surface area contributed by atoms with Crippen molar-refractivity contribution in [1.29, 1.82) is 0 Å². The monoisotopic (exact) mass is 390 g/mol. The van der Waals surface area contributed by atoms with Gasteiger partial charge in [-0.2, -0.15) is 5.10 Å². The second-order valence-electron chi connectivity index (χ2n) is 6.52. The SMILES string of the molecule is CCn1c(-c2cc(NC(=O)c3ccccc3OC)n[nH]2)cc2cc(OC)ccc21. The van der Waals surface area contributed by atoms with Gasteiger partial charge < -0.3 is 19.4 Å². The zero-order chi connectivity index (χ0) is 20.4. The number of methoxy groups -OCH3 is 2. The quantitative estimate of drug-likeness (QED) is 0.514. The van der Waals surface area contributed by atoms with Gasteiger partial charge in [-0.1, -0.05) is 12.1 Å². The summed E-state index contributed by atoms with van der Waals surface area (Å²) in [6.07, 6.45) is 0. The van der Waals surface area contributed by atoms with Crippen LogP contribution in [-0.2, 0) is 6.54 Å². The molecule has 2 aromatic heterocycles. The van der Waals surface area contributed by atoms with Gasteiger partial charge in [-0.15, -0.1) is 0 Å². The number of nitrogens with one attached hydrogen (secondary N) is 2. The molecule has 0 aliphatic rings. The molecule has 0 spiro atoms. The molecule has 7 heteroatoms.